The molecule has 1 saturated heterocycles. The standard InChI is InChI=1S/C15H18BrN3O/c1-11-10-12(16)4-5-13(11)19-9-3-8-18(2)15(20)14(19)6-7-17/h4-5,10,14H,3,6,8-9H2,1-2H3. The number of aryl methyl sites for hydroxylation is 1. The van der Waals surface area contributed by atoms with Gasteiger partial charge < -0.3 is 9.80 Å². The number of carbonyl (C=O) groups excluding carboxylic acids is 1. The van der Waals surface area contributed by atoms with Gasteiger partial charge in [-0.05, 0) is 37.1 Å². The molecule has 0 spiro atoms. The zero-order chi connectivity index (χ0) is 14.7. The molecule has 0 aromatic heterocycles. The number of carbonyl (C=O) groups is 1. The molecule has 0 saturated carbocycles. The highest BCUT2D eigenvalue weighted by Crippen LogP contribution is 2.28. The Morgan fingerprint density at radius 2 is 2.20 bits per heavy atom. The Morgan fingerprint density at radius 1 is 1.45 bits per heavy atom. The Balaban J connectivity index is 2.40. The minimum atomic E-state index is -0.382. The second kappa shape index (κ2) is 6.27. The molecule has 0 radical (unpaired) electrons. The van der Waals surface area contributed by atoms with Gasteiger partial charge in [0.1, 0.15) is 6.04 Å². The third-order valence-electron chi connectivity index (χ3n) is 3.68. The highest BCUT2D eigenvalue weighted by molar-refractivity contribution is 9.10. The predicted octanol–water partition coefficient (Wildman–Crippen LogP) is 2.71. The highest BCUT2D eigenvalue weighted by Gasteiger charge is 2.31. The van der Waals surface area contributed by atoms with Gasteiger partial charge in [0.25, 0.3) is 0 Å². The third-order valence-corrected chi connectivity index (χ3v) is 4.18. The molecule has 4 nitrogen and oxygen atoms in total. The van der Waals surface area contributed by atoms with Gasteiger partial charge in [-0.1, -0.05) is 15.9 Å². The van der Waals surface area contributed by atoms with Crippen LogP contribution in [0.4, 0.5) is 5.69 Å². The van der Waals surface area contributed by atoms with Crippen LogP contribution in [0.5, 0.6) is 0 Å². The Kier molecular flexibility index (Phi) is 4.66. The number of amides is 1. The highest BCUT2D eigenvalue weighted by atomic mass is 79.9. The van der Waals surface area contributed by atoms with Crippen LogP contribution in [-0.4, -0.2) is 37.0 Å². The van der Waals surface area contributed by atoms with Crippen LogP contribution in [0.25, 0.3) is 0 Å². The molecule has 1 aromatic rings. The van der Waals surface area contributed by atoms with Gasteiger partial charge in [-0.2, -0.15) is 5.26 Å². The van der Waals surface area contributed by atoms with E-state index in [1.807, 2.05) is 32.2 Å². The molecule has 0 bridgehead atoms. The predicted molar refractivity (Wildman–Crippen MR) is 82.5 cm³/mol. The van der Waals surface area contributed by atoms with Crippen molar-refractivity contribution in [3.05, 3.63) is 28.2 Å². The maximum atomic E-state index is 12.4. The summed E-state index contributed by atoms with van der Waals surface area (Å²) in [6, 6.07) is 7.80. The van der Waals surface area contributed by atoms with E-state index in [1.165, 1.54) is 0 Å². The second-order valence-electron chi connectivity index (χ2n) is 5.12. The first-order chi connectivity index (χ1) is 9.54. The quantitative estimate of drug-likeness (QED) is 0.834. The van der Waals surface area contributed by atoms with Gasteiger partial charge in [0.2, 0.25) is 5.91 Å². The Hall–Kier alpha value is -1.54. The van der Waals surface area contributed by atoms with Crippen molar-refractivity contribution in [3.8, 4) is 6.07 Å². The van der Waals surface area contributed by atoms with Crippen LogP contribution in [0.1, 0.15) is 18.4 Å². The topological polar surface area (TPSA) is 47.3 Å². The number of benzene rings is 1. The molecule has 5 heteroatoms. The lowest BCUT2D eigenvalue weighted by Crippen LogP contribution is -2.45. The lowest BCUT2D eigenvalue weighted by atomic mass is 10.1. The average Bonchev–Trinajstić information content (AvgIpc) is 2.53. The van der Waals surface area contributed by atoms with Crippen LogP contribution in [0.3, 0.4) is 0 Å². The lowest BCUT2D eigenvalue weighted by molar-refractivity contribution is -0.130. The van der Waals surface area contributed by atoms with E-state index in [2.05, 4.69) is 26.9 Å². The summed E-state index contributed by atoms with van der Waals surface area (Å²) in [5.74, 6) is 0.0337. The molecule has 1 fully saturated rings. The lowest BCUT2D eigenvalue weighted by Gasteiger charge is -2.31. The normalized spacial score (nSPS) is 19.7. The largest absolute Gasteiger partial charge is 0.358 e. The van der Waals surface area contributed by atoms with E-state index in [1.54, 1.807) is 4.90 Å². The van der Waals surface area contributed by atoms with Crippen molar-refractivity contribution >= 4 is 27.5 Å². The van der Waals surface area contributed by atoms with Crippen LogP contribution >= 0.6 is 15.9 Å². The maximum absolute atomic E-state index is 12.4. The van der Waals surface area contributed by atoms with Crippen molar-refractivity contribution in [2.75, 3.05) is 25.0 Å². The van der Waals surface area contributed by atoms with E-state index in [-0.39, 0.29) is 18.4 Å². The number of nitriles is 1. The van der Waals surface area contributed by atoms with Crippen LogP contribution in [-0.2, 0) is 4.79 Å². The van der Waals surface area contributed by atoms with E-state index in [0.717, 1.165) is 35.2 Å². The van der Waals surface area contributed by atoms with Crippen LogP contribution < -0.4 is 4.90 Å². The third kappa shape index (κ3) is 2.96. The molecule has 1 atom stereocenters. The molecule has 1 aromatic carbocycles. The zero-order valence-electron chi connectivity index (χ0n) is 11.8. The summed E-state index contributed by atoms with van der Waals surface area (Å²) < 4.78 is 1.02. The summed E-state index contributed by atoms with van der Waals surface area (Å²) in [7, 11) is 1.81. The van der Waals surface area contributed by atoms with E-state index < -0.39 is 0 Å². The fourth-order valence-corrected chi connectivity index (χ4v) is 3.12. The zero-order valence-corrected chi connectivity index (χ0v) is 13.4. The maximum Gasteiger partial charge on any atom is 0.246 e. The molecular formula is C15H18BrN3O. The van der Waals surface area contributed by atoms with E-state index in [4.69, 9.17) is 5.26 Å². The van der Waals surface area contributed by atoms with Gasteiger partial charge in [0.15, 0.2) is 0 Å². The molecule has 106 valence electrons. The second-order valence-corrected chi connectivity index (χ2v) is 6.03. The molecule has 1 amide bonds. The van der Waals surface area contributed by atoms with E-state index >= 15 is 0 Å². The Bertz CT molecular complexity index is 553. The van der Waals surface area contributed by atoms with Crippen molar-refractivity contribution in [2.45, 2.75) is 25.8 Å². The summed E-state index contributed by atoms with van der Waals surface area (Å²) in [6.45, 7) is 3.57. The fraction of sp³-hybridized carbons (Fsp3) is 0.467. The molecule has 1 aliphatic rings. The molecule has 2 rings (SSSR count). The number of hydrogen-bond acceptors (Lipinski definition) is 3. The van der Waals surface area contributed by atoms with E-state index in [9.17, 15) is 4.79 Å². The first-order valence-corrected chi connectivity index (χ1v) is 7.48. The minimum Gasteiger partial charge on any atom is -0.358 e. The van der Waals surface area contributed by atoms with Crippen molar-refractivity contribution in [1.82, 2.24) is 4.90 Å². The van der Waals surface area contributed by atoms with Gasteiger partial charge in [0.05, 0.1) is 12.5 Å². The van der Waals surface area contributed by atoms with Crippen molar-refractivity contribution in [1.29, 1.82) is 5.26 Å². The SMILES string of the molecule is Cc1cc(Br)ccc1N1CCCN(C)C(=O)C1CC#N. The van der Waals surface area contributed by atoms with Crippen molar-refractivity contribution in [2.24, 2.45) is 0 Å². The number of halogens is 1. The number of rotatable bonds is 2. The molecule has 0 N–H and O–H groups in total. The number of hydrogen-bond donors (Lipinski definition) is 0. The first kappa shape index (κ1) is 14.9. The average molecular weight is 336 g/mol. The van der Waals surface area contributed by atoms with Gasteiger partial charge in [-0.25, -0.2) is 0 Å². The molecule has 1 heterocycles. The van der Waals surface area contributed by atoms with Gasteiger partial charge in [0, 0.05) is 30.3 Å². The smallest absolute Gasteiger partial charge is 0.246 e. The van der Waals surface area contributed by atoms with Crippen LogP contribution in [0.2, 0.25) is 0 Å². The van der Waals surface area contributed by atoms with Crippen LogP contribution in [0.15, 0.2) is 22.7 Å². The van der Waals surface area contributed by atoms with Gasteiger partial charge in [-0.15, -0.1) is 0 Å². The number of anilines is 1. The van der Waals surface area contributed by atoms with Crippen LogP contribution in [0, 0.1) is 18.3 Å². The fourth-order valence-electron chi connectivity index (χ4n) is 2.65. The monoisotopic (exact) mass is 335 g/mol. The summed E-state index contributed by atoms with van der Waals surface area (Å²) in [5.41, 5.74) is 2.15. The molecule has 1 aliphatic heterocycles. The van der Waals surface area contributed by atoms with Crippen molar-refractivity contribution in [3.63, 3.8) is 0 Å². The summed E-state index contributed by atoms with van der Waals surface area (Å²) in [4.78, 5) is 16.2. The molecule has 0 aliphatic carbocycles. The van der Waals surface area contributed by atoms with E-state index in [0.29, 0.717) is 0 Å². The number of likely N-dealkylation sites (N-methyl/N-ethyl adjacent to an activating group) is 1. The summed E-state index contributed by atoms with van der Waals surface area (Å²) >= 11 is 3.46. The first-order valence-electron chi connectivity index (χ1n) is 6.69. The summed E-state index contributed by atoms with van der Waals surface area (Å²) in [5, 5.41) is 9.04. The van der Waals surface area contributed by atoms with Gasteiger partial charge >= 0.3 is 0 Å². The van der Waals surface area contributed by atoms with Crippen molar-refractivity contribution < 1.29 is 4.79 Å². The minimum absolute atomic E-state index is 0.0337. The molecule has 1 unspecified atom stereocenters. The Morgan fingerprint density at radius 3 is 2.85 bits per heavy atom. The number of nitrogens with zero attached hydrogens (tertiary/aromatic N) is 3. The summed E-state index contributed by atoms with van der Waals surface area (Å²) in [6.07, 6.45) is 1.14. The molecule has 20 heavy (non-hydrogen) atoms. The molecular weight excluding hydrogens is 318 g/mol. The van der Waals surface area contributed by atoms with Gasteiger partial charge in [-0.3, -0.25) is 4.79 Å². The Labute approximate surface area is 128 Å².